The number of benzene rings is 1. The number of nitrogens with zero attached hydrogens (tertiary/aromatic N) is 1. The van der Waals surface area contributed by atoms with E-state index in [9.17, 15) is 13.2 Å². The summed E-state index contributed by atoms with van der Waals surface area (Å²) in [5.74, 6) is -1.33. The van der Waals surface area contributed by atoms with Crippen LogP contribution in [0.5, 0.6) is 0 Å². The van der Waals surface area contributed by atoms with Crippen molar-refractivity contribution in [2.24, 2.45) is 0 Å². The Labute approximate surface area is 121 Å². The molecule has 1 aromatic rings. The number of aromatic carboxylic acids is 1. The SMILES string of the molecule is CCN(CC)S(=O)(=O)c1cc(Cl)cc(C(=O)O)c1Cl. The molecule has 0 unspecified atom stereocenters. The lowest BCUT2D eigenvalue weighted by Gasteiger charge is -2.19. The van der Waals surface area contributed by atoms with Gasteiger partial charge < -0.3 is 5.11 Å². The van der Waals surface area contributed by atoms with Crippen molar-refractivity contribution in [2.75, 3.05) is 13.1 Å². The Bertz CT molecular complexity index is 597. The maximum absolute atomic E-state index is 12.3. The van der Waals surface area contributed by atoms with Crippen LogP contribution in [-0.4, -0.2) is 36.9 Å². The van der Waals surface area contributed by atoms with Crippen molar-refractivity contribution in [1.29, 1.82) is 0 Å². The first-order valence-electron chi connectivity index (χ1n) is 5.48. The Kier molecular flexibility index (Phi) is 5.20. The van der Waals surface area contributed by atoms with Crippen molar-refractivity contribution in [3.05, 3.63) is 27.7 Å². The van der Waals surface area contributed by atoms with E-state index in [1.54, 1.807) is 13.8 Å². The summed E-state index contributed by atoms with van der Waals surface area (Å²) in [4.78, 5) is 10.7. The van der Waals surface area contributed by atoms with E-state index in [1.807, 2.05) is 0 Å². The summed E-state index contributed by atoms with van der Waals surface area (Å²) in [5.41, 5.74) is -0.333. The minimum absolute atomic E-state index is 0.00697. The third-order valence-corrected chi connectivity index (χ3v) is 5.37. The van der Waals surface area contributed by atoms with E-state index in [-0.39, 0.29) is 33.6 Å². The fourth-order valence-electron chi connectivity index (χ4n) is 1.61. The van der Waals surface area contributed by atoms with Gasteiger partial charge in [-0.1, -0.05) is 37.0 Å². The highest BCUT2D eigenvalue weighted by atomic mass is 35.5. The zero-order valence-electron chi connectivity index (χ0n) is 10.4. The van der Waals surface area contributed by atoms with Crippen LogP contribution in [0.4, 0.5) is 0 Å². The Morgan fingerprint density at radius 3 is 2.21 bits per heavy atom. The second-order valence-electron chi connectivity index (χ2n) is 3.66. The van der Waals surface area contributed by atoms with Crippen molar-refractivity contribution in [1.82, 2.24) is 4.31 Å². The average molecular weight is 326 g/mol. The van der Waals surface area contributed by atoms with Gasteiger partial charge in [0, 0.05) is 18.1 Å². The third-order valence-electron chi connectivity index (χ3n) is 2.56. The molecule has 0 saturated heterocycles. The van der Waals surface area contributed by atoms with E-state index in [0.717, 1.165) is 12.1 Å². The first-order chi connectivity index (χ1) is 8.75. The quantitative estimate of drug-likeness (QED) is 0.903. The van der Waals surface area contributed by atoms with Crippen molar-refractivity contribution in [3.8, 4) is 0 Å². The van der Waals surface area contributed by atoms with Gasteiger partial charge in [0.2, 0.25) is 10.0 Å². The molecule has 1 aromatic carbocycles. The molecule has 0 atom stereocenters. The Hall–Kier alpha value is -0.820. The van der Waals surface area contributed by atoms with Gasteiger partial charge in [-0.15, -0.1) is 0 Å². The van der Waals surface area contributed by atoms with Crippen molar-refractivity contribution >= 4 is 39.2 Å². The predicted molar refractivity (Wildman–Crippen MR) is 73.5 cm³/mol. The number of carbonyl (C=O) groups is 1. The molecule has 0 saturated carbocycles. The monoisotopic (exact) mass is 325 g/mol. The number of hydrogen-bond acceptors (Lipinski definition) is 3. The van der Waals surface area contributed by atoms with E-state index in [1.165, 1.54) is 4.31 Å². The lowest BCUT2D eigenvalue weighted by atomic mass is 10.2. The van der Waals surface area contributed by atoms with Gasteiger partial charge in [-0.3, -0.25) is 0 Å². The van der Waals surface area contributed by atoms with Crippen LogP contribution in [0.1, 0.15) is 24.2 Å². The maximum Gasteiger partial charge on any atom is 0.337 e. The van der Waals surface area contributed by atoms with E-state index >= 15 is 0 Å². The van der Waals surface area contributed by atoms with Gasteiger partial charge in [-0.2, -0.15) is 4.31 Å². The summed E-state index contributed by atoms with van der Waals surface area (Å²) in [6.07, 6.45) is 0. The Morgan fingerprint density at radius 2 is 1.79 bits per heavy atom. The van der Waals surface area contributed by atoms with E-state index < -0.39 is 16.0 Å². The zero-order valence-corrected chi connectivity index (χ0v) is 12.7. The van der Waals surface area contributed by atoms with Crippen LogP contribution in [-0.2, 0) is 10.0 Å². The molecule has 0 amide bonds. The molecule has 0 bridgehead atoms. The molecule has 1 rings (SSSR count). The standard InChI is InChI=1S/C11H13Cl2NO4S/c1-3-14(4-2)19(17,18)9-6-7(12)5-8(10(9)13)11(15)16/h5-6H,3-4H2,1-2H3,(H,15,16). The van der Waals surface area contributed by atoms with Crippen LogP contribution in [0.25, 0.3) is 0 Å². The molecule has 0 radical (unpaired) electrons. The topological polar surface area (TPSA) is 74.7 Å². The maximum atomic E-state index is 12.3. The molecule has 0 heterocycles. The molecular formula is C11H13Cl2NO4S. The van der Waals surface area contributed by atoms with Crippen LogP contribution in [0.15, 0.2) is 17.0 Å². The predicted octanol–water partition coefficient (Wildman–Crippen LogP) is 2.72. The third kappa shape index (κ3) is 3.20. The summed E-state index contributed by atoms with van der Waals surface area (Å²) in [5, 5.41) is 8.66. The second-order valence-corrected chi connectivity index (χ2v) is 6.38. The number of carboxylic acids is 1. The van der Waals surface area contributed by atoms with Crippen molar-refractivity contribution < 1.29 is 18.3 Å². The molecule has 0 aliphatic carbocycles. The molecule has 0 aliphatic rings. The average Bonchev–Trinajstić information content (AvgIpc) is 2.32. The van der Waals surface area contributed by atoms with Crippen LogP contribution >= 0.6 is 23.2 Å². The molecule has 0 spiro atoms. The van der Waals surface area contributed by atoms with Crippen LogP contribution in [0.2, 0.25) is 10.0 Å². The first kappa shape index (κ1) is 16.2. The molecule has 0 fully saturated rings. The molecular weight excluding hydrogens is 313 g/mol. The molecule has 1 N–H and O–H groups in total. The van der Waals surface area contributed by atoms with Gasteiger partial charge in [-0.05, 0) is 12.1 Å². The lowest BCUT2D eigenvalue weighted by molar-refractivity contribution is 0.0697. The summed E-state index contributed by atoms with van der Waals surface area (Å²) in [6, 6.07) is 2.28. The van der Waals surface area contributed by atoms with Crippen molar-refractivity contribution in [2.45, 2.75) is 18.7 Å². The normalized spacial score (nSPS) is 11.8. The largest absolute Gasteiger partial charge is 0.478 e. The van der Waals surface area contributed by atoms with E-state index in [4.69, 9.17) is 28.3 Å². The minimum atomic E-state index is -3.86. The van der Waals surface area contributed by atoms with Crippen LogP contribution in [0, 0.1) is 0 Å². The second kappa shape index (κ2) is 6.09. The number of sulfonamides is 1. The highest BCUT2D eigenvalue weighted by Gasteiger charge is 2.27. The highest BCUT2D eigenvalue weighted by molar-refractivity contribution is 7.89. The molecule has 0 aliphatic heterocycles. The van der Waals surface area contributed by atoms with E-state index in [0.29, 0.717) is 0 Å². The number of halogens is 2. The van der Waals surface area contributed by atoms with Gasteiger partial charge in [0.25, 0.3) is 0 Å². The Morgan fingerprint density at radius 1 is 1.26 bits per heavy atom. The molecule has 5 nitrogen and oxygen atoms in total. The zero-order chi connectivity index (χ0) is 14.8. The van der Waals surface area contributed by atoms with Gasteiger partial charge in [-0.25, -0.2) is 13.2 Å². The first-order valence-corrected chi connectivity index (χ1v) is 7.67. The number of rotatable bonds is 5. The molecule has 0 aromatic heterocycles. The molecule has 8 heteroatoms. The molecule has 106 valence electrons. The van der Waals surface area contributed by atoms with Crippen molar-refractivity contribution in [3.63, 3.8) is 0 Å². The van der Waals surface area contributed by atoms with Gasteiger partial charge in [0.05, 0.1) is 10.6 Å². The minimum Gasteiger partial charge on any atom is -0.478 e. The van der Waals surface area contributed by atoms with Gasteiger partial charge in [0.1, 0.15) is 4.90 Å². The summed E-state index contributed by atoms with van der Waals surface area (Å²) < 4.78 is 25.8. The highest BCUT2D eigenvalue weighted by Crippen LogP contribution is 2.31. The smallest absolute Gasteiger partial charge is 0.337 e. The van der Waals surface area contributed by atoms with E-state index in [2.05, 4.69) is 0 Å². The summed E-state index contributed by atoms with van der Waals surface area (Å²) in [6.45, 7) is 3.86. The fourth-order valence-corrected chi connectivity index (χ4v) is 3.95. The van der Waals surface area contributed by atoms with Gasteiger partial charge in [0.15, 0.2) is 0 Å². The molecule has 19 heavy (non-hydrogen) atoms. The summed E-state index contributed by atoms with van der Waals surface area (Å²) in [7, 11) is -3.86. The van der Waals surface area contributed by atoms with Crippen LogP contribution in [0.3, 0.4) is 0 Å². The number of carboxylic acid groups (broad SMARTS) is 1. The van der Waals surface area contributed by atoms with Gasteiger partial charge >= 0.3 is 5.97 Å². The lowest BCUT2D eigenvalue weighted by Crippen LogP contribution is -2.31. The summed E-state index contributed by atoms with van der Waals surface area (Å²) >= 11 is 11.6. The number of hydrogen-bond donors (Lipinski definition) is 1. The fraction of sp³-hybridized carbons (Fsp3) is 0.364. The Balaban J connectivity index is 3.55. The van der Waals surface area contributed by atoms with Crippen LogP contribution < -0.4 is 0 Å².